The summed E-state index contributed by atoms with van der Waals surface area (Å²) in [6.45, 7) is 1.68. The summed E-state index contributed by atoms with van der Waals surface area (Å²) in [5.74, 6) is 1.78. The largest absolute Gasteiger partial charge is 0.493 e. The van der Waals surface area contributed by atoms with E-state index in [-0.39, 0.29) is 5.91 Å². The quantitative estimate of drug-likeness (QED) is 0.717. The fourth-order valence-corrected chi connectivity index (χ4v) is 3.54. The lowest BCUT2D eigenvalue weighted by Gasteiger charge is -2.29. The highest BCUT2D eigenvalue weighted by molar-refractivity contribution is 6.04. The summed E-state index contributed by atoms with van der Waals surface area (Å²) in [6.07, 6.45) is 2.65. The molecule has 0 radical (unpaired) electrons. The molecule has 0 saturated heterocycles. The molecule has 2 heterocycles. The number of anilines is 2. The highest BCUT2D eigenvalue weighted by Crippen LogP contribution is 2.30. The summed E-state index contributed by atoms with van der Waals surface area (Å²) in [4.78, 5) is 19.5. The van der Waals surface area contributed by atoms with Crippen molar-refractivity contribution < 1.29 is 14.3 Å². The Morgan fingerprint density at radius 3 is 2.59 bits per heavy atom. The first kappa shape index (κ1) is 18.8. The molecule has 0 aliphatic carbocycles. The van der Waals surface area contributed by atoms with E-state index in [0.717, 1.165) is 25.3 Å². The number of nitrogens with zero attached hydrogens (tertiary/aromatic N) is 2. The van der Waals surface area contributed by atoms with Crippen LogP contribution in [0.25, 0.3) is 0 Å². The number of methoxy groups -OCH3 is 2. The number of pyridine rings is 1. The van der Waals surface area contributed by atoms with Gasteiger partial charge in [0.2, 0.25) is 0 Å². The Morgan fingerprint density at radius 2 is 1.79 bits per heavy atom. The van der Waals surface area contributed by atoms with E-state index in [2.05, 4.69) is 39.5 Å². The smallest absolute Gasteiger partial charge is 0.255 e. The minimum atomic E-state index is -0.196. The molecule has 6 heteroatoms. The fourth-order valence-electron chi connectivity index (χ4n) is 3.54. The van der Waals surface area contributed by atoms with Crippen LogP contribution in [0.4, 0.5) is 11.5 Å². The van der Waals surface area contributed by atoms with Gasteiger partial charge in [-0.05, 0) is 41.8 Å². The molecule has 4 rings (SSSR count). The zero-order chi connectivity index (χ0) is 20.2. The van der Waals surface area contributed by atoms with Crippen molar-refractivity contribution in [3.05, 3.63) is 77.5 Å². The van der Waals surface area contributed by atoms with Gasteiger partial charge in [0, 0.05) is 36.6 Å². The molecule has 6 nitrogen and oxygen atoms in total. The van der Waals surface area contributed by atoms with Crippen LogP contribution in [0, 0.1) is 0 Å². The van der Waals surface area contributed by atoms with E-state index in [1.165, 1.54) is 11.1 Å². The van der Waals surface area contributed by atoms with E-state index in [4.69, 9.17) is 9.47 Å². The Hall–Kier alpha value is -3.54. The molecular formula is C23H23N3O3. The summed E-state index contributed by atoms with van der Waals surface area (Å²) in [6, 6.07) is 17.3. The van der Waals surface area contributed by atoms with Crippen molar-refractivity contribution in [2.45, 2.75) is 13.0 Å². The predicted octanol–water partition coefficient (Wildman–Crippen LogP) is 3.91. The molecule has 0 saturated carbocycles. The summed E-state index contributed by atoms with van der Waals surface area (Å²) in [5.41, 5.74) is 3.88. The third-order valence-electron chi connectivity index (χ3n) is 5.10. The van der Waals surface area contributed by atoms with Gasteiger partial charge in [-0.25, -0.2) is 4.98 Å². The lowest BCUT2D eigenvalue weighted by Crippen LogP contribution is -2.31. The lowest BCUT2D eigenvalue weighted by atomic mass is 10.00. The van der Waals surface area contributed by atoms with E-state index in [0.29, 0.717) is 22.7 Å². The topological polar surface area (TPSA) is 63.7 Å². The summed E-state index contributed by atoms with van der Waals surface area (Å²) < 4.78 is 10.5. The molecule has 3 aromatic rings. The van der Waals surface area contributed by atoms with Crippen LogP contribution in [0.3, 0.4) is 0 Å². The number of carbonyl (C=O) groups is 1. The second kappa shape index (κ2) is 8.22. The normalized spacial score (nSPS) is 12.8. The predicted molar refractivity (Wildman–Crippen MR) is 113 cm³/mol. The van der Waals surface area contributed by atoms with Gasteiger partial charge in [-0.1, -0.05) is 24.3 Å². The van der Waals surface area contributed by atoms with Crippen LogP contribution < -0.4 is 19.7 Å². The van der Waals surface area contributed by atoms with Crippen LogP contribution in [0.2, 0.25) is 0 Å². The number of rotatable bonds is 5. The highest BCUT2D eigenvalue weighted by Gasteiger charge is 2.18. The number of amides is 1. The van der Waals surface area contributed by atoms with E-state index in [1.54, 1.807) is 44.7 Å². The number of aromatic nitrogens is 1. The molecule has 0 unspecified atom stereocenters. The number of hydrogen-bond acceptors (Lipinski definition) is 5. The maximum atomic E-state index is 12.8. The van der Waals surface area contributed by atoms with Crippen molar-refractivity contribution in [3.63, 3.8) is 0 Å². The number of benzene rings is 2. The van der Waals surface area contributed by atoms with Gasteiger partial charge in [0.25, 0.3) is 5.91 Å². The highest BCUT2D eigenvalue weighted by atomic mass is 16.5. The van der Waals surface area contributed by atoms with Crippen molar-refractivity contribution in [1.82, 2.24) is 4.98 Å². The Morgan fingerprint density at radius 1 is 1.00 bits per heavy atom. The molecule has 0 spiro atoms. The molecule has 0 atom stereocenters. The third kappa shape index (κ3) is 4.01. The minimum absolute atomic E-state index is 0.196. The first-order chi connectivity index (χ1) is 14.2. The average Bonchev–Trinajstić information content (AvgIpc) is 2.78. The molecule has 1 aliphatic heterocycles. The van der Waals surface area contributed by atoms with Crippen molar-refractivity contribution >= 4 is 17.4 Å². The Kier molecular flexibility index (Phi) is 5.33. The summed E-state index contributed by atoms with van der Waals surface area (Å²) in [5, 5.41) is 2.91. The van der Waals surface area contributed by atoms with Gasteiger partial charge in [0.1, 0.15) is 5.82 Å². The first-order valence-corrected chi connectivity index (χ1v) is 9.49. The molecule has 1 aromatic heterocycles. The van der Waals surface area contributed by atoms with Crippen LogP contribution in [-0.4, -0.2) is 31.7 Å². The molecule has 1 aliphatic rings. The minimum Gasteiger partial charge on any atom is -0.493 e. The lowest BCUT2D eigenvalue weighted by molar-refractivity contribution is 0.102. The average molecular weight is 389 g/mol. The molecule has 29 heavy (non-hydrogen) atoms. The zero-order valence-corrected chi connectivity index (χ0v) is 16.5. The third-order valence-corrected chi connectivity index (χ3v) is 5.10. The van der Waals surface area contributed by atoms with E-state index >= 15 is 0 Å². The number of hydrogen-bond donors (Lipinski definition) is 1. The van der Waals surface area contributed by atoms with Gasteiger partial charge >= 0.3 is 0 Å². The molecule has 2 aromatic carbocycles. The number of nitrogens with one attached hydrogen (secondary N) is 1. The van der Waals surface area contributed by atoms with Crippen molar-refractivity contribution in [1.29, 1.82) is 0 Å². The first-order valence-electron chi connectivity index (χ1n) is 9.49. The Labute approximate surface area is 170 Å². The maximum absolute atomic E-state index is 12.8. The standard InChI is InChI=1S/C23H23N3O3/c1-28-20-8-7-19(14-21(20)29-2)25-23(27)17-9-11-24-22(13-17)26-12-10-16-5-3-4-6-18(16)15-26/h3-9,11,13-14H,10,12,15H2,1-2H3,(H,25,27). The second-order valence-electron chi connectivity index (χ2n) is 6.87. The molecule has 148 valence electrons. The van der Waals surface area contributed by atoms with Gasteiger partial charge in [-0.3, -0.25) is 4.79 Å². The molecule has 1 N–H and O–H groups in total. The van der Waals surface area contributed by atoms with Crippen molar-refractivity contribution in [2.75, 3.05) is 31.0 Å². The van der Waals surface area contributed by atoms with E-state index in [1.807, 2.05) is 6.07 Å². The van der Waals surface area contributed by atoms with E-state index < -0.39 is 0 Å². The van der Waals surface area contributed by atoms with Crippen LogP contribution in [-0.2, 0) is 13.0 Å². The maximum Gasteiger partial charge on any atom is 0.255 e. The van der Waals surface area contributed by atoms with Gasteiger partial charge in [-0.15, -0.1) is 0 Å². The number of fused-ring (bicyclic) bond motifs is 1. The SMILES string of the molecule is COc1ccc(NC(=O)c2ccnc(N3CCc4ccccc4C3)c2)cc1OC. The number of carbonyl (C=O) groups excluding carboxylic acids is 1. The zero-order valence-electron chi connectivity index (χ0n) is 16.5. The molecule has 0 fully saturated rings. The van der Waals surface area contributed by atoms with Crippen molar-refractivity contribution in [2.24, 2.45) is 0 Å². The fraction of sp³-hybridized carbons (Fsp3) is 0.217. The van der Waals surface area contributed by atoms with Crippen LogP contribution in [0.1, 0.15) is 21.5 Å². The Balaban J connectivity index is 1.51. The van der Waals surface area contributed by atoms with Crippen LogP contribution in [0.15, 0.2) is 60.8 Å². The summed E-state index contributed by atoms with van der Waals surface area (Å²) in [7, 11) is 3.14. The van der Waals surface area contributed by atoms with Crippen molar-refractivity contribution in [3.8, 4) is 11.5 Å². The molecular weight excluding hydrogens is 366 g/mol. The molecule has 1 amide bonds. The van der Waals surface area contributed by atoms with Gasteiger partial charge in [0.05, 0.1) is 14.2 Å². The number of ether oxygens (including phenoxy) is 2. The second-order valence-corrected chi connectivity index (χ2v) is 6.87. The molecule has 0 bridgehead atoms. The monoisotopic (exact) mass is 389 g/mol. The Bertz CT molecular complexity index is 1040. The van der Waals surface area contributed by atoms with Gasteiger partial charge in [-0.2, -0.15) is 0 Å². The van der Waals surface area contributed by atoms with Gasteiger partial charge < -0.3 is 19.7 Å². The van der Waals surface area contributed by atoms with Crippen LogP contribution in [0.5, 0.6) is 11.5 Å². The van der Waals surface area contributed by atoms with Gasteiger partial charge in [0.15, 0.2) is 11.5 Å². The van der Waals surface area contributed by atoms with E-state index in [9.17, 15) is 4.79 Å². The summed E-state index contributed by atoms with van der Waals surface area (Å²) >= 11 is 0. The van der Waals surface area contributed by atoms with Crippen LogP contribution >= 0.6 is 0 Å².